The molecule has 2 amide bonds. The Morgan fingerprint density at radius 2 is 1.68 bits per heavy atom. The number of carbonyl (C=O) groups excluding carboxylic acids is 2. The predicted octanol–water partition coefficient (Wildman–Crippen LogP) is 3.90. The van der Waals surface area contributed by atoms with E-state index >= 15 is 0 Å². The fourth-order valence-corrected chi connectivity index (χ4v) is 3.48. The maximum absolute atomic E-state index is 12.7. The van der Waals surface area contributed by atoms with Crippen LogP contribution in [0.5, 0.6) is 0 Å². The minimum atomic E-state index is -2.84. The van der Waals surface area contributed by atoms with Crippen molar-refractivity contribution in [2.45, 2.75) is 4.90 Å². The van der Waals surface area contributed by atoms with Crippen molar-refractivity contribution < 1.29 is 13.8 Å². The number of rotatable bonds is 4. The lowest BCUT2D eigenvalue weighted by Crippen LogP contribution is -2.23. The Morgan fingerprint density at radius 1 is 1.12 bits per heavy atom. The molecule has 1 unspecified atom stereocenters. The molecule has 2 aromatic carbocycles. The molecule has 5 nitrogen and oxygen atoms in total. The van der Waals surface area contributed by atoms with Crippen LogP contribution >= 0.6 is 15.9 Å². The van der Waals surface area contributed by atoms with E-state index in [1.54, 1.807) is 55.6 Å². The second-order valence-electron chi connectivity index (χ2n) is 5.30. The fraction of sp³-hybridized carbons (Fsp3) is 0.111. The lowest BCUT2D eigenvalue weighted by molar-refractivity contribution is -0.113. The Labute approximate surface area is 155 Å². The van der Waals surface area contributed by atoms with E-state index in [-0.39, 0.29) is 5.91 Å². The van der Waals surface area contributed by atoms with Crippen molar-refractivity contribution >= 4 is 43.2 Å². The van der Waals surface area contributed by atoms with E-state index in [2.05, 4.69) is 26.9 Å². The molecule has 0 aliphatic carbocycles. The first kappa shape index (κ1) is 19.1. The lowest BCUT2D eigenvalue weighted by atomic mass is 10.2. The minimum absolute atomic E-state index is 0.254. The number of likely N-dealkylation sites (N-methyl/N-ethyl adjacent to an activating group) is 1. The molecule has 130 valence electrons. The summed E-state index contributed by atoms with van der Waals surface area (Å²) in [4.78, 5) is 25.8. The van der Waals surface area contributed by atoms with E-state index in [0.29, 0.717) is 16.1 Å². The summed E-state index contributed by atoms with van der Waals surface area (Å²) in [6, 6.07) is 13.2. The molecule has 0 aliphatic rings. The highest BCUT2D eigenvalue weighted by Gasteiger charge is 2.13. The van der Waals surface area contributed by atoms with Gasteiger partial charge in [0.15, 0.2) is 0 Å². The van der Waals surface area contributed by atoms with Gasteiger partial charge in [0, 0.05) is 33.9 Å². The van der Waals surface area contributed by atoms with Gasteiger partial charge in [-0.25, -0.2) is 4.21 Å². The number of nitrogens with zero attached hydrogens (tertiary/aromatic N) is 2. The minimum Gasteiger partial charge on any atom is -0.312 e. The van der Waals surface area contributed by atoms with Gasteiger partial charge in [0.05, 0.1) is 9.73 Å². The highest BCUT2D eigenvalue weighted by Crippen LogP contribution is 2.19. The molecule has 2 rings (SSSR count). The van der Waals surface area contributed by atoms with E-state index < -0.39 is 15.6 Å². The average molecular weight is 421 g/mol. The summed E-state index contributed by atoms with van der Waals surface area (Å²) in [7, 11) is -1.23. The van der Waals surface area contributed by atoms with Crippen molar-refractivity contribution in [2.24, 2.45) is 4.36 Å². The van der Waals surface area contributed by atoms with Crippen molar-refractivity contribution in [2.75, 3.05) is 18.2 Å². The molecule has 2 aromatic rings. The average Bonchev–Trinajstić information content (AvgIpc) is 2.60. The Balaban J connectivity index is 2.28. The van der Waals surface area contributed by atoms with Gasteiger partial charge in [0.1, 0.15) is 0 Å². The van der Waals surface area contributed by atoms with E-state index in [9.17, 15) is 13.8 Å². The van der Waals surface area contributed by atoms with Crippen LogP contribution < -0.4 is 4.90 Å². The molecule has 0 aliphatic heterocycles. The SMILES string of the molecule is C=CC(=O)N(C)c1ccc(C(=O)N=S(C)(=O)c2ccc(Br)cc2)cc1. The number of anilines is 1. The number of hydrogen-bond donors (Lipinski definition) is 0. The van der Waals surface area contributed by atoms with Crippen LogP contribution in [0.15, 0.2) is 74.9 Å². The summed E-state index contributed by atoms with van der Waals surface area (Å²) in [5, 5.41) is 0. The Morgan fingerprint density at radius 3 is 2.20 bits per heavy atom. The van der Waals surface area contributed by atoms with Gasteiger partial charge in [-0.05, 0) is 54.6 Å². The number of amides is 2. The summed E-state index contributed by atoms with van der Waals surface area (Å²) in [6.07, 6.45) is 2.64. The summed E-state index contributed by atoms with van der Waals surface area (Å²) < 4.78 is 17.5. The Kier molecular flexibility index (Phi) is 5.92. The summed E-state index contributed by atoms with van der Waals surface area (Å²) in [6.45, 7) is 3.43. The van der Waals surface area contributed by atoms with Crippen LogP contribution in [-0.4, -0.2) is 29.3 Å². The molecule has 7 heteroatoms. The number of carbonyl (C=O) groups is 2. The van der Waals surface area contributed by atoms with Gasteiger partial charge in [-0.15, -0.1) is 0 Å². The monoisotopic (exact) mass is 420 g/mol. The smallest absolute Gasteiger partial charge is 0.285 e. The second-order valence-corrected chi connectivity index (χ2v) is 8.48. The quantitative estimate of drug-likeness (QED) is 0.704. The summed E-state index contributed by atoms with van der Waals surface area (Å²) >= 11 is 3.31. The first-order valence-corrected chi connectivity index (χ1v) is 9.98. The molecule has 0 radical (unpaired) electrons. The molecular formula is C18H17BrN2O3S. The van der Waals surface area contributed by atoms with Gasteiger partial charge < -0.3 is 4.90 Å². The van der Waals surface area contributed by atoms with Crippen molar-refractivity contribution in [3.8, 4) is 0 Å². The third-order valence-corrected chi connectivity index (χ3v) is 5.70. The van der Waals surface area contributed by atoms with Gasteiger partial charge in [-0.3, -0.25) is 9.59 Å². The third kappa shape index (κ3) is 4.64. The fourth-order valence-electron chi connectivity index (χ4n) is 2.04. The molecule has 0 saturated heterocycles. The van der Waals surface area contributed by atoms with Crippen molar-refractivity contribution in [3.05, 3.63) is 71.2 Å². The summed E-state index contributed by atoms with van der Waals surface area (Å²) in [5.41, 5.74) is 0.918. The van der Waals surface area contributed by atoms with Gasteiger partial charge in [-0.1, -0.05) is 22.5 Å². The van der Waals surface area contributed by atoms with Gasteiger partial charge in [0.2, 0.25) is 5.91 Å². The number of benzene rings is 2. The van der Waals surface area contributed by atoms with Crippen molar-refractivity contribution in [1.29, 1.82) is 0 Å². The molecule has 0 N–H and O–H groups in total. The predicted molar refractivity (Wildman–Crippen MR) is 103 cm³/mol. The third-order valence-electron chi connectivity index (χ3n) is 3.51. The maximum atomic E-state index is 12.7. The van der Waals surface area contributed by atoms with E-state index in [1.807, 2.05) is 0 Å². The molecule has 25 heavy (non-hydrogen) atoms. The number of halogens is 1. The molecule has 1 atom stereocenters. The lowest BCUT2D eigenvalue weighted by Gasteiger charge is -2.15. The van der Waals surface area contributed by atoms with Gasteiger partial charge in [0.25, 0.3) is 5.91 Å². The first-order chi connectivity index (χ1) is 11.7. The topological polar surface area (TPSA) is 66.8 Å². The molecule has 0 spiro atoms. The van der Waals surface area contributed by atoms with E-state index in [0.717, 1.165) is 4.47 Å². The van der Waals surface area contributed by atoms with Crippen LogP contribution in [0.1, 0.15) is 10.4 Å². The van der Waals surface area contributed by atoms with Gasteiger partial charge >= 0.3 is 0 Å². The maximum Gasteiger partial charge on any atom is 0.285 e. The Hall–Kier alpha value is -2.25. The van der Waals surface area contributed by atoms with Crippen LogP contribution in [0, 0.1) is 0 Å². The molecule has 0 aromatic heterocycles. The molecule has 0 heterocycles. The van der Waals surface area contributed by atoms with Gasteiger partial charge in [-0.2, -0.15) is 4.36 Å². The molecular weight excluding hydrogens is 404 g/mol. The second kappa shape index (κ2) is 7.76. The Bertz CT molecular complexity index is 928. The number of hydrogen-bond acceptors (Lipinski definition) is 3. The zero-order valence-electron chi connectivity index (χ0n) is 13.8. The van der Waals surface area contributed by atoms with Crippen LogP contribution in [-0.2, 0) is 14.5 Å². The largest absolute Gasteiger partial charge is 0.312 e. The normalized spacial score (nSPS) is 12.8. The van der Waals surface area contributed by atoms with Crippen molar-refractivity contribution in [1.82, 2.24) is 0 Å². The van der Waals surface area contributed by atoms with Crippen LogP contribution in [0.3, 0.4) is 0 Å². The van der Waals surface area contributed by atoms with Crippen molar-refractivity contribution in [3.63, 3.8) is 0 Å². The standard InChI is InChI=1S/C18H17BrN2O3S/c1-4-17(22)21(2)15-9-5-13(6-10-15)18(23)20-25(3,24)16-11-7-14(19)8-12-16/h4-12H,1H2,2-3H3. The first-order valence-electron chi connectivity index (χ1n) is 7.27. The van der Waals surface area contributed by atoms with Crippen LogP contribution in [0.4, 0.5) is 5.69 Å². The molecule has 0 fully saturated rings. The van der Waals surface area contributed by atoms with E-state index in [4.69, 9.17) is 0 Å². The summed E-state index contributed by atoms with van der Waals surface area (Å²) in [5.74, 6) is -0.824. The van der Waals surface area contributed by atoms with Crippen LogP contribution in [0.2, 0.25) is 0 Å². The highest BCUT2D eigenvalue weighted by molar-refractivity contribution is 9.10. The van der Waals surface area contributed by atoms with E-state index in [1.165, 1.54) is 17.2 Å². The molecule has 0 bridgehead atoms. The zero-order chi connectivity index (χ0) is 18.6. The highest BCUT2D eigenvalue weighted by atomic mass is 79.9. The van der Waals surface area contributed by atoms with Crippen LogP contribution in [0.25, 0.3) is 0 Å². The molecule has 0 saturated carbocycles. The zero-order valence-corrected chi connectivity index (χ0v) is 16.2.